The lowest BCUT2D eigenvalue weighted by molar-refractivity contribution is -0.137. The van der Waals surface area contributed by atoms with Crippen LogP contribution in [0.15, 0.2) is 72.9 Å². The van der Waals surface area contributed by atoms with Crippen LogP contribution in [0, 0.1) is 5.82 Å². The molecule has 2 atom stereocenters. The minimum absolute atomic E-state index is 0.0969. The molecule has 3 N–H and O–H groups in total. The number of hydrogen-bond acceptors (Lipinski definition) is 4. The Morgan fingerprint density at radius 2 is 1.65 bits per heavy atom. The zero-order chi connectivity index (χ0) is 24.2. The van der Waals surface area contributed by atoms with Gasteiger partial charge in [0.1, 0.15) is 5.82 Å². The molecular formula is C26H27F4N3O. The van der Waals surface area contributed by atoms with Gasteiger partial charge in [-0.1, -0.05) is 55.3 Å². The molecule has 34 heavy (non-hydrogen) atoms. The van der Waals surface area contributed by atoms with Crippen molar-refractivity contribution in [3.05, 3.63) is 101 Å². The molecule has 0 bridgehead atoms. The van der Waals surface area contributed by atoms with E-state index in [0.29, 0.717) is 5.69 Å². The second kappa shape index (κ2) is 10.2. The molecule has 1 fully saturated rings. The summed E-state index contributed by atoms with van der Waals surface area (Å²) >= 11 is 0. The molecule has 0 saturated heterocycles. The largest absolute Gasteiger partial charge is 0.416 e. The van der Waals surface area contributed by atoms with Gasteiger partial charge >= 0.3 is 6.18 Å². The number of benzene rings is 2. The number of aliphatic hydroxyl groups excluding tert-OH is 1. The van der Waals surface area contributed by atoms with Crippen LogP contribution in [-0.4, -0.2) is 22.5 Å². The molecule has 2 aromatic carbocycles. The molecule has 1 aliphatic carbocycles. The van der Waals surface area contributed by atoms with E-state index in [1.807, 2.05) is 30.3 Å². The Morgan fingerprint density at radius 3 is 2.29 bits per heavy atom. The van der Waals surface area contributed by atoms with Crippen LogP contribution in [0.25, 0.3) is 0 Å². The molecule has 0 spiro atoms. The van der Waals surface area contributed by atoms with Gasteiger partial charge in [0.05, 0.1) is 23.0 Å². The standard InChI is InChI=1S/C26H27F4N3O/c27-21-13-14-23(31-17-21)25(16-18-7-2-1-3-8-18,33-24(34)32-22-11-4-5-12-22)19-9-6-10-20(15-19)26(28,29)30/h1-3,6-10,13-15,17,22,24,32-34H,4-5,11-12,16H2. The topological polar surface area (TPSA) is 57.2 Å². The highest BCUT2D eigenvalue weighted by molar-refractivity contribution is 5.40. The van der Waals surface area contributed by atoms with Gasteiger partial charge in [-0.05, 0) is 48.2 Å². The zero-order valence-corrected chi connectivity index (χ0v) is 18.5. The molecule has 4 rings (SSSR count). The van der Waals surface area contributed by atoms with Gasteiger partial charge in [0, 0.05) is 12.5 Å². The van der Waals surface area contributed by atoms with Crippen molar-refractivity contribution in [2.45, 2.75) is 56.2 Å². The SMILES string of the molecule is OC(NC1CCCC1)NC(Cc1ccccc1)(c1cccc(C(F)(F)F)c1)c1ccc(F)cn1. The Bertz CT molecular complexity index is 1070. The van der Waals surface area contributed by atoms with Gasteiger partial charge in [0.2, 0.25) is 0 Å². The predicted molar refractivity (Wildman–Crippen MR) is 121 cm³/mol. The highest BCUT2D eigenvalue weighted by atomic mass is 19.4. The van der Waals surface area contributed by atoms with E-state index in [0.717, 1.165) is 49.6 Å². The van der Waals surface area contributed by atoms with E-state index in [9.17, 15) is 22.7 Å². The fraction of sp³-hybridized carbons (Fsp3) is 0.346. The minimum Gasteiger partial charge on any atom is -0.365 e. The Morgan fingerprint density at radius 1 is 0.941 bits per heavy atom. The number of hydrogen-bond donors (Lipinski definition) is 3. The number of pyridine rings is 1. The molecule has 1 aliphatic rings. The summed E-state index contributed by atoms with van der Waals surface area (Å²) in [5.74, 6) is -0.564. The number of aliphatic hydroxyl groups is 1. The fourth-order valence-electron chi connectivity index (χ4n) is 4.63. The van der Waals surface area contributed by atoms with E-state index in [-0.39, 0.29) is 18.0 Å². The van der Waals surface area contributed by atoms with Crippen molar-refractivity contribution < 1.29 is 22.7 Å². The lowest BCUT2D eigenvalue weighted by atomic mass is 9.80. The van der Waals surface area contributed by atoms with E-state index < -0.39 is 29.4 Å². The van der Waals surface area contributed by atoms with Crippen molar-refractivity contribution in [2.24, 2.45) is 0 Å². The van der Waals surface area contributed by atoms with Gasteiger partial charge in [-0.2, -0.15) is 13.2 Å². The smallest absolute Gasteiger partial charge is 0.365 e. The van der Waals surface area contributed by atoms with Crippen molar-refractivity contribution in [1.29, 1.82) is 0 Å². The summed E-state index contributed by atoms with van der Waals surface area (Å²) in [7, 11) is 0. The predicted octanol–water partition coefficient (Wildman–Crippen LogP) is 5.12. The van der Waals surface area contributed by atoms with E-state index >= 15 is 0 Å². The molecule has 3 aromatic rings. The fourth-order valence-corrected chi connectivity index (χ4v) is 4.63. The van der Waals surface area contributed by atoms with E-state index in [1.165, 1.54) is 18.2 Å². The second-order valence-electron chi connectivity index (χ2n) is 8.70. The number of nitrogens with zero attached hydrogens (tertiary/aromatic N) is 1. The molecule has 0 amide bonds. The maximum Gasteiger partial charge on any atom is 0.416 e. The minimum atomic E-state index is -4.55. The van der Waals surface area contributed by atoms with Gasteiger partial charge in [-0.3, -0.25) is 15.6 Å². The maximum absolute atomic E-state index is 13.8. The van der Waals surface area contributed by atoms with Crippen LogP contribution >= 0.6 is 0 Å². The lowest BCUT2D eigenvalue weighted by Crippen LogP contribution is -2.57. The third-order valence-electron chi connectivity index (χ3n) is 6.29. The quantitative estimate of drug-likeness (QED) is 0.314. The molecule has 1 aromatic heterocycles. The van der Waals surface area contributed by atoms with Crippen LogP contribution in [0.3, 0.4) is 0 Å². The average molecular weight is 474 g/mol. The maximum atomic E-state index is 13.8. The monoisotopic (exact) mass is 473 g/mol. The summed E-state index contributed by atoms with van der Waals surface area (Å²) < 4.78 is 54.6. The molecule has 4 nitrogen and oxygen atoms in total. The van der Waals surface area contributed by atoms with Crippen molar-refractivity contribution in [3.8, 4) is 0 Å². The molecule has 1 saturated carbocycles. The number of rotatable bonds is 8. The number of aromatic nitrogens is 1. The van der Waals surface area contributed by atoms with Gasteiger partial charge in [-0.25, -0.2) is 4.39 Å². The Hall–Kier alpha value is -2.81. The van der Waals surface area contributed by atoms with Crippen LogP contribution in [-0.2, 0) is 18.1 Å². The van der Waals surface area contributed by atoms with Crippen LogP contribution in [0.5, 0.6) is 0 Å². The summed E-state index contributed by atoms with van der Waals surface area (Å²) in [4.78, 5) is 4.24. The molecule has 180 valence electrons. The highest BCUT2D eigenvalue weighted by Gasteiger charge is 2.40. The molecular weight excluding hydrogens is 446 g/mol. The third kappa shape index (κ3) is 5.63. The van der Waals surface area contributed by atoms with Gasteiger partial charge < -0.3 is 5.11 Å². The summed E-state index contributed by atoms with van der Waals surface area (Å²) in [5, 5.41) is 17.2. The first-order valence-electron chi connectivity index (χ1n) is 11.3. The third-order valence-corrected chi connectivity index (χ3v) is 6.29. The summed E-state index contributed by atoms with van der Waals surface area (Å²) in [6, 6.07) is 16.9. The van der Waals surface area contributed by atoms with Gasteiger partial charge in [-0.15, -0.1) is 0 Å². The molecule has 0 aliphatic heterocycles. The first-order valence-corrected chi connectivity index (χ1v) is 11.3. The zero-order valence-electron chi connectivity index (χ0n) is 18.5. The first-order chi connectivity index (χ1) is 16.3. The molecule has 2 unspecified atom stereocenters. The normalized spacial score (nSPS) is 17.4. The summed E-state index contributed by atoms with van der Waals surface area (Å²) in [6.07, 6.45) is -0.664. The average Bonchev–Trinajstić information content (AvgIpc) is 3.32. The number of nitrogens with one attached hydrogen (secondary N) is 2. The number of alkyl halides is 3. The van der Waals surface area contributed by atoms with Crippen LogP contribution < -0.4 is 10.6 Å². The highest BCUT2D eigenvalue weighted by Crippen LogP contribution is 2.37. The Labute approximate surface area is 196 Å². The van der Waals surface area contributed by atoms with Crippen molar-refractivity contribution in [1.82, 2.24) is 15.6 Å². The van der Waals surface area contributed by atoms with Crippen LogP contribution in [0.4, 0.5) is 17.6 Å². The van der Waals surface area contributed by atoms with Crippen LogP contribution in [0.2, 0.25) is 0 Å². The number of halogens is 4. The summed E-state index contributed by atoms with van der Waals surface area (Å²) in [6.45, 7) is 0. The van der Waals surface area contributed by atoms with Crippen molar-refractivity contribution in [2.75, 3.05) is 0 Å². The van der Waals surface area contributed by atoms with E-state index in [4.69, 9.17) is 0 Å². The second-order valence-corrected chi connectivity index (χ2v) is 8.70. The summed E-state index contributed by atoms with van der Waals surface area (Å²) in [5.41, 5.74) is -0.820. The Balaban J connectivity index is 1.84. The Kier molecular flexibility index (Phi) is 7.30. The lowest BCUT2D eigenvalue weighted by Gasteiger charge is -2.38. The van der Waals surface area contributed by atoms with Gasteiger partial charge in [0.15, 0.2) is 6.35 Å². The molecule has 8 heteroatoms. The van der Waals surface area contributed by atoms with Crippen LogP contribution in [0.1, 0.15) is 48.1 Å². The van der Waals surface area contributed by atoms with E-state index in [1.54, 1.807) is 6.07 Å². The molecule has 0 radical (unpaired) electrons. The van der Waals surface area contributed by atoms with Gasteiger partial charge in [0.25, 0.3) is 0 Å². The first kappa shape index (κ1) is 24.3. The van der Waals surface area contributed by atoms with E-state index in [2.05, 4.69) is 15.6 Å². The van der Waals surface area contributed by atoms with Crippen molar-refractivity contribution >= 4 is 0 Å². The van der Waals surface area contributed by atoms with Crippen molar-refractivity contribution in [3.63, 3.8) is 0 Å². The molecule has 1 heterocycles.